The normalized spacial score (nSPS) is 11.7. The third-order valence-electron chi connectivity index (χ3n) is 10.1. The van der Waals surface area contributed by atoms with E-state index in [0.29, 0.717) is 0 Å². The molecule has 228 valence electrons. The molecule has 0 amide bonds. The van der Waals surface area contributed by atoms with E-state index in [4.69, 9.17) is 4.42 Å². The largest absolute Gasteiger partial charge is 0.456 e. The van der Waals surface area contributed by atoms with E-state index >= 15 is 0 Å². The highest BCUT2D eigenvalue weighted by Crippen LogP contribution is 2.48. The molecule has 49 heavy (non-hydrogen) atoms. The molecule has 0 aliphatic carbocycles. The van der Waals surface area contributed by atoms with Crippen molar-refractivity contribution in [1.82, 2.24) is 0 Å². The van der Waals surface area contributed by atoms with Gasteiger partial charge >= 0.3 is 0 Å². The van der Waals surface area contributed by atoms with Crippen molar-refractivity contribution in [1.29, 1.82) is 0 Å². The first-order valence-electron chi connectivity index (χ1n) is 16.8. The smallest absolute Gasteiger partial charge is 0.136 e. The lowest BCUT2D eigenvalue weighted by atomic mass is 9.82. The summed E-state index contributed by atoms with van der Waals surface area (Å²) in [6, 6.07) is 65.8. The monoisotopic (exact) mass is 622 g/mol. The molecule has 0 N–H and O–H groups in total. The van der Waals surface area contributed by atoms with Crippen molar-refractivity contribution in [2.24, 2.45) is 0 Å². The summed E-state index contributed by atoms with van der Waals surface area (Å²) in [5.74, 6) is 0. The van der Waals surface area contributed by atoms with E-state index in [0.717, 1.165) is 27.5 Å². The van der Waals surface area contributed by atoms with Gasteiger partial charge in [-0.05, 0) is 95.0 Å². The number of rotatable bonds is 4. The van der Waals surface area contributed by atoms with Crippen molar-refractivity contribution in [3.8, 4) is 44.5 Å². The summed E-state index contributed by atoms with van der Waals surface area (Å²) in [5.41, 5.74) is 11.6. The molecule has 1 nitrogen and oxygen atoms in total. The Morgan fingerprint density at radius 2 is 0.776 bits per heavy atom. The van der Waals surface area contributed by atoms with Gasteiger partial charge in [0.05, 0.1) is 0 Å². The number of furan rings is 1. The van der Waals surface area contributed by atoms with Crippen LogP contribution in [0.25, 0.3) is 98.8 Å². The van der Waals surface area contributed by atoms with Crippen LogP contribution >= 0.6 is 0 Å². The summed E-state index contributed by atoms with van der Waals surface area (Å²) in [5, 5.41) is 9.70. The van der Waals surface area contributed by atoms with Crippen LogP contribution in [0.4, 0.5) is 0 Å². The third-order valence-corrected chi connectivity index (χ3v) is 10.1. The van der Waals surface area contributed by atoms with E-state index in [1.54, 1.807) is 0 Å². The van der Waals surface area contributed by atoms with E-state index in [9.17, 15) is 0 Å². The fraction of sp³-hybridized carbons (Fsp3) is 0. The number of para-hydroxylation sites is 1. The minimum Gasteiger partial charge on any atom is -0.456 e. The summed E-state index contributed by atoms with van der Waals surface area (Å²) < 4.78 is 6.37. The van der Waals surface area contributed by atoms with Crippen LogP contribution in [0.1, 0.15) is 0 Å². The van der Waals surface area contributed by atoms with Crippen LogP contribution in [0.5, 0.6) is 0 Å². The third kappa shape index (κ3) is 4.40. The van der Waals surface area contributed by atoms with Gasteiger partial charge in [-0.25, -0.2) is 0 Å². The Kier molecular flexibility index (Phi) is 6.25. The van der Waals surface area contributed by atoms with E-state index in [2.05, 4.69) is 170 Å². The topological polar surface area (TPSA) is 13.1 Å². The van der Waals surface area contributed by atoms with Gasteiger partial charge in [0, 0.05) is 10.8 Å². The molecule has 0 fully saturated rings. The maximum Gasteiger partial charge on any atom is 0.136 e. The van der Waals surface area contributed by atoms with Crippen LogP contribution in [0.3, 0.4) is 0 Å². The van der Waals surface area contributed by atoms with Crippen molar-refractivity contribution in [2.45, 2.75) is 0 Å². The second-order valence-electron chi connectivity index (χ2n) is 12.8. The van der Waals surface area contributed by atoms with Crippen LogP contribution < -0.4 is 0 Å². The molecule has 0 aliphatic heterocycles. The lowest BCUT2D eigenvalue weighted by Crippen LogP contribution is -1.94. The molecular formula is C48H30O. The first-order valence-corrected chi connectivity index (χ1v) is 16.8. The van der Waals surface area contributed by atoms with Crippen molar-refractivity contribution in [3.63, 3.8) is 0 Å². The average molecular weight is 623 g/mol. The molecule has 10 rings (SSSR count). The molecule has 9 aromatic carbocycles. The van der Waals surface area contributed by atoms with Gasteiger partial charge in [0.2, 0.25) is 0 Å². The maximum atomic E-state index is 6.37. The maximum absolute atomic E-state index is 6.37. The van der Waals surface area contributed by atoms with E-state index in [-0.39, 0.29) is 0 Å². The van der Waals surface area contributed by atoms with Gasteiger partial charge in [-0.15, -0.1) is 0 Å². The Balaban J connectivity index is 1.26. The molecule has 0 saturated carbocycles. The second-order valence-corrected chi connectivity index (χ2v) is 12.8. The molecule has 0 spiro atoms. The quantitative estimate of drug-likeness (QED) is 0.178. The van der Waals surface area contributed by atoms with Crippen LogP contribution in [-0.2, 0) is 0 Å². The Bertz CT molecular complexity index is 2800. The standard InChI is InChI=1S/C48H30O/c1-2-12-31(13-3-1)32-22-24-34(25-23-32)46-36-15-5-4-14-33(36)26-29-43(46)48-41-19-8-6-17-39(41)47(40-18-7-9-20-42(40)48)35-27-28-38-37-16-10-11-21-44(37)49-45(38)30-35/h1-30H. The first-order chi connectivity index (χ1) is 24.3. The van der Waals surface area contributed by atoms with Gasteiger partial charge in [-0.2, -0.15) is 0 Å². The van der Waals surface area contributed by atoms with Gasteiger partial charge in [-0.3, -0.25) is 0 Å². The summed E-state index contributed by atoms with van der Waals surface area (Å²) in [6.45, 7) is 0. The number of benzene rings is 9. The van der Waals surface area contributed by atoms with Gasteiger partial charge in [0.15, 0.2) is 0 Å². The second kappa shape index (κ2) is 11.1. The molecule has 1 heteroatoms. The van der Waals surface area contributed by atoms with Crippen LogP contribution in [-0.4, -0.2) is 0 Å². The van der Waals surface area contributed by atoms with Crippen molar-refractivity contribution < 1.29 is 4.42 Å². The van der Waals surface area contributed by atoms with Crippen LogP contribution in [0.2, 0.25) is 0 Å². The predicted octanol–water partition coefficient (Wildman–Crippen LogP) is 13.7. The van der Waals surface area contributed by atoms with Gasteiger partial charge in [-0.1, -0.05) is 164 Å². The SMILES string of the molecule is c1ccc(-c2ccc(-c3c(-c4c5ccccc5c(-c5ccc6c(c5)oc5ccccc56)c5ccccc45)ccc4ccccc34)cc2)cc1. The number of hydrogen-bond donors (Lipinski definition) is 0. The molecule has 0 saturated heterocycles. The van der Waals surface area contributed by atoms with Gasteiger partial charge in [0.1, 0.15) is 11.2 Å². The van der Waals surface area contributed by atoms with Crippen molar-refractivity contribution in [2.75, 3.05) is 0 Å². The zero-order valence-electron chi connectivity index (χ0n) is 26.7. The minimum atomic E-state index is 0.909. The van der Waals surface area contributed by atoms with E-state index in [1.807, 2.05) is 12.1 Å². The summed E-state index contributed by atoms with van der Waals surface area (Å²) >= 11 is 0. The molecule has 0 bridgehead atoms. The van der Waals surface area contributed by atoms with Crippen molar-refractivity contribution in [3.05, 3.63) is 182 Å². The van der Waals surface area contributed by atoms with Gasteiger partial charge < -0.3 is 4.42 Å². The first kappa shape index (κ1) is 27.7. The van der Waals surface area contributed by atoms with Crippen LogP contribution in [0, 0.1) is 0 Å². The highest BCUT2D eigenvalue weighted by Gasteiger charge is 2.21. The van der Waals surface area contributed by atoms with E-state index < -0.39 is 0 Å². The zero-order valence-corrected chi connectivity index (χ0v) is 26.7. The molecular weight excluding hydrogens is 593 g/mol. The van der Waals surface area contributed by atoms with Crippen molar-refractivity contribution >= 4 is 54.3 Å². The molecule has 0 radical (unpaired) electrons. The summed E-state index contributed by atoms with van der Waals surface area (Å²) in [4.78, 5) is 0. The molecule has 10 aromatic rings. The molecule has 0 atom stereocenters. The average Bonchev–Trinajstić information content (AvgIpc) is 3.55. The summed E-state index contributed by atoms with van der Waals surface area (Å²) in [6.07, 6.45) is 0. The highest BCUT2D eigenvalue weighted by molar-refractivity contribution is 6.24. The van der Waals surface area contributed by atoms with E-state index in [1.165, 1.54) is 71.3 Å². The Morgan fingerprint density at radius 1 is 0.265 bits per heavy atom. The minimum absolute atomic E-state index is 0.909. The molecule has 1 aromatic heterocycles. The molecule has 1 heterocycles. The number of fused-ring (bicyclic) bond motifs is 6. The highest BCUT2D eigenvalue weighted by atomic mass is 16.3. The fourth-order valence-electron chi connectivity index (χ4n) is 7.86. The zero-order chi connectivity index (χ0) is 32.3. The lowest BCUT2D eigenvalue weighted by Gasteiger charge is -2.21. The number of hydrogen-bond acceptors (Lipinski definition) is 1. The Hall–Kier alpha value is -6.44. The van der Waals surface area contributed by atoms with Gasteiger partial charge in [0.25, 0.3) is 0 Å². The Morgan fingerprint density at radius 3 is 1.49 bits per heavy atom. The lowest BCUT2D eigenvalue weighted by molar-refractivity contribution is 0.669. The molecule has 0 unspecified atom stereocenters. The summed E-state index contributed by atoms with van der Waals surface area (Å²) in [7, 11) is 0. The van der Waals surface area contributed by atoms with Crippen LogP contribution in [0.15, 0.2) is 186 Å². The molecule has 0 aliphatic rings. The predicted molar refractivity (Wildman–Crippen MR) is 208 cm³/mol. The Labute approximate surface area is 284 Å². The fourth-order valence-corrected chi connectivity index (χ4v) is 7.86.